The minimum atomic E-state index is -0.351. The van der Waals surface area contributed by atoms with Gasteiger partial charge >= 0.3 is 5.69 Å². The Morgan fingerprint density at radius 2 is 1.85 bits per heavy atom. The molecule has 8 heteroatoms. The molecule has 2 rings (SSSR count). The molecule has 110 valence electrons. The van der Waals surface area contributed by atoms with Crippen molar-refractivity contribution in [1.82, 2.24) is 18.7 Å². The molecule has 0 aromatic carbocycles. The van der Waals surface area contributed by atoms with E-state index in [9.17, 15) is 9.59 Å². The summed E-state index contributed by atoms with van der Waals surface area (Å²) < 4.78 is 4.39. The summed E-state index contributed by atoms with van der Waals surface area (Å²) in [6.45, 7) is 5.84. The van der Waals surface area contributed by atoms with Gasteiger partial charge in [0.05, 0.1) is 0 Å². The second-order valence-electron chi connectivity index (χ2n) is 4.46. The standard InChI is InChI=1S/C12H20N6O2/c1-4-17-8-9(15-11(17)14-7-6-13)18(5-2)12(20)16(3)10(8)19/h4-7,13H2,1-3H3,(H,14,15). The molecule has 0 atom stereocenters. The number of hydrogen-bond acceptors (Lipinski definition) is 5. The third-order valence-corrected chi connectivity index (χ3v) is 3.29. The van der Waals surface area contributed by atoms with Gasteiger partial charge in [0.2, 0.25) is 5.95 Å². The average Bonchev–Trinajstić information content (AvgIpc) is 2.81. The summed E-state index contributed by atoms with van der Waals surface area (Å²) in [4.78, 5) is 28.8. The van der Waals surface area contributed by atoms with Crippen molar-refractivity contribution in [1.29, 1.82) is 0 Å². The van der Waals surface area contributed by atoms with Crippen molar-refractivity contribution in [2.45, 2.75) is 26.9 Å². The van der Waals surface area contributed by atoms with Crippen LogP contribution in [0.1, 0.15) is 13.8 Å². The Labute approximate surface area is 115 Å². The van der Waals surface area contributed by atoms with Gasteiger partial charge in [0.25, 0.3) is 5.56 Å². The van der Waals surface area contributed by atoms with Gasteiger partial charge in [0.15, 0.2) is 11.2 Å². The van der Waals surface area contributed by atoms with Gasteiger partial charge in [-0.2, -0.15) is 4.98 Å². The topological polar surface area (TPSA) is 99.9 Å². The molecule has 0 fully saturated rings. The molecule has 0 radical (unpaired) electrons. The van der Waals surface area contributed by atoms with Crippen molar-refractivity contribution in [3.8, 4) is 0 Å². The molecule has 0 aliphatic carbocycles. The molecule has 0 spiro atoms. The van der Waals surface area contributed by atoms with Gasteiger partial charge in [-0.3, -0.25) is 13.9 Å². The van der Waals surface area contributed by atoms with Gasteiger partial charge in [-0.15, -0.1) is 0 Å². The quantitative estimate of drug-likeness (QED) is 0.755. The van der Waals surface area contributed by atoms with Crippen molar-refractivity contribution in [2.75, 3.05) is 18.4 Å². The van der Waals surface area contributed by atoms with Crippen LogP contribution in [0.2, 0.25) is 0 Å². The van der Waals surface area contributed by atoms with E-state index in [-0.39, 0.29) is 11.2 Å². The number of aromatic nitrogens is 4. The summed E-state index contributed by atoms with van der Waals surface area (Å²) in [6, 6.07) is 0. The minimum Gasteiger partial charge on any atom is -0.354 e. The molecule has 0 amide bonds. The molecule has 2 heterocycles. The smallest absolute Gasteiger partial charge is 0.332 e. The Hall–Kier alpha value is -2.09. The monoisotopic (exact) mass is 280 g/mol. The van der Waals surface area contributed by atoms with Crippen LogP contribution in [-0.2, 0) is 20.1 Å². The summed E-state index contributed by atoms with van der Waals surface area (Å²) in [5.74, 6) is 0.567. The van der Waals surface area contributed by atoms with Crippen LogP contribution in [0, 0.1) is 0 Å². The molecule has 3 N–H and O–H groups in total. The van der Waals surface area contributed by atoms with E-state index in [1.807, 2.05) is 13.8 Å². The van der Waals surface area contributed by atoms with Gasteiger partial charge in [0.1, 0.15) is 0 Å². The van der Waals surface area contributed by atoms with E-state index in [1.165, 1.54) is 11.6 Å². The predicted molar refractivity (Wildman–Crippen MR) is 78.1 cm³/mol. The highest BCUT2D eigenvalue weighted by atomic mass is 16.2. The first-order valence-corrected chi connectivity index (χ1v) is 6.70. The molecule has 2 aromatic heterocycles. The number of nitrogens with two attached hydrogens (primary N) is 1. The van der Waals surface area contributed by atoms with E-state index in [0.29, 0.717) is 43.3 Å². The second-order valence-corrected chi connectivity index (χ2v) is 4.46. The van der Waals surface area contributed by atoms with E-state index in [4.69, 9.17) is 5.73 Å². The summed E-state index contributed by atoms with van der Waals surface area (Å²) in [7, 11) is 1.48. The van der Waals surface area contributed by atoms with Crippen LogP contribution in [0.3, 0.4) is 0 Å². The van der Waals surface area contributed by atoms with Crippen LogP contribution in [0.15, 0.2) is 9.59 Å². The van der Waals surface area contributed by atoms with Crippen molar-refractivity contribution >= 4 is 17.1 Å². The molecule has 20 heavy (non-hydrogen) atoms. The highest BCUT2D eigenvalue weighted by Crippen LogP contribution is 2.15. The van der Waals surface area contributed by atoms with Gasteiger partial charge < -0.3 is 15.6 Å². The lowest BCUT2D eigenvalue weighted by Gasteiger charge is -2.08. The lowest BCUT2D eigenvalue weighted by atomic mass is 10.4. The van der Waals surface area contributed by atoms with Crippen LogP contribution in [-0.4, -0.2) is 31.8 Å². The van der Waals surface area contributed by atoms with E-state index in [2.05, 4.69) is 10.3 Å². The van der Waals surface area contributed by atoms with Gasteiger partial charge in [-0.05, 0) is 13.8 Å². The third kappa shape index (κ3) is 2.01. The Balaban J connectivity index is 2.86. The molecule has 0 bridgehead atoms. The minimum absolute atomic E-state index is 0.329. The first-order valence-electron chi connectivity index (χ1n) is 6.70. The summed E-state index contributed by atoms with van der Waals surface area (Å²) in [5.41, 5.74) is 5.66. The maximum absolute atomic E-state index is 12.3. The maximum atomic E-state index is 12.3. The molecule has 0 unspecified atom stereocenters. The van der Waals surface area contributed by atoms with E-state index >= 15 is 0 Å². The van der Waals surface area contributed by atoms with Gasteiger partial charge in [-0.1, -0.05) is 0 Å². The van der Waals surface area contributed by atoms with Gasteiger partial charge in [-0.25, -0.2) is 4.79 Å². The molecule has 8 nitrogen and oxygen atoms in total. The van der Waals surface area contributed by atoms with Crippen molar-refractivity contribution in [3.63, 3.8) is 0 Å². The van der Waals surface area contributed by atoms with Crippen molar-refractivity contribution in [3.05, 3.63) is 20.8 Å². The zero-order valence-corrected chi connectivity index (χ0v) is 12.0. The van der Waals surface area contributed by atoms with Crippen LogP contribution in [0.5, 0.6) is 0 Å². The molecular formula is C12H20N6O2. The molecule has 0 aliphatic rings. The van der Waals surface area contributed by atoms with Crippen LogP contribution in [0.4, 0.5) is 5.95 Å². The first kappa shape index (κ1) is 14.3. The predicted octanol–water partition coefficient (Wildman–Crippen LogP) is -0.693. The average molecular weight is 280 g/mol. The summed E-state index contributed by atoms with van der Waals surface area (Å²) >= 11 is 0. The van der Waals surface area contributed by atoms with Crippen LogP contribution in [0.25, 0.3) is 11.2 Å². The lowest BCUT2D eigenvalue weighted by Crippen LogP contribution is -2.38. The van der Waals surface area contributed by atoms with Crippen LogP contribution < -0.4 is 22.3 Å². The number of nitrogens with zero attached hydrogens (tertiary/aromatic N) is 4. The number of hydrogen-bond donors (Lipinski definition) is 2. The third-order valence-electron chi connectivity index (χ3n) is 3.29. The Bertz CT molecular complexity index is 739. The summed E-state index contributed by atoms with van der Waals surface area (Å²) in [5, 5.41) is 3.08. The fourth-order valence-electron chi connectivity index (χ4n) is 2.27. The summed E-state index contributed by atoms with van der Waals surface area (Å²) in [6.07, 6.45) is 0. The van der Waals surface area contributed by atoms with Crippen molar-refractivity contribution in [2.24, 2.45) is 12.8 Å². The number of anilines is 1. The molecule has 0 saturated heterocycles. The second kappa shape index (κ2) is 5.49. The highest BCUT2D eigenvalue weighted by Gasteiger charge is 2.18. The number of fused-ring (bicyclic) bond motifs is 1. The number of aryl methyl sites for hydroxylation is 2. The molecule has 0 saturated carbocycles. The molecule has 0 aliphatic heterocycles. The first-order chi connectivity index (χ1) is 9.56. The normalized spacial score (nSPS) is 11.2. The van der Waals surface area contributed by atoms with Crippen LogP contribution >= 0.6 is 0 Å². The Morgan fingerprint density at radius 1 is 1.20 bits per heavy atom. The van der Waals surface area contributed by atoms with Gasteiger partial charge in [0, 0.05) is 33.2 Å². The zero-order valence-electron chi connectivity index (χ0n) is 12.0. The lowest BCUT2D eigenvalue weighted by molar-refractivity contribution is 0.649. The SMILES string of the molecule is CCn1c(NCCN)nc2c1c(=O)n(C)c(=O)n2CC. The number of imidazole rings is 1. The van der Waals surface area contributed by atoms with E-state index < -0.39 is 0 Å². The highest BCUT2D eigenvalue weighted by molar-refractivity contribution is 5.74. The number of nitrogens with one attached hydrogen (secondary N) is 1. The fourth-order valence-corrected chi connectivity index (χ4v) is 2.27. The Morgan fingerprint density at radius 3 is 2.40 bits per heavy atom. The zero-order chi connectivity index (χ0) is 14.9. The van der Waals surface area contributed by atoms with E-state index in [0.717, 1.165) is 4.57 Å². The Kier molecular flexibility index (Phi) is 3.93. The van der Waals surface area contributed by atoms with Crippen molar-refractivity contribution < 1.29 is 0 Å². The molecule has 2 aromatic rings. The fraction of sp³-hybridized carbons (Fsp3) is 0.583. The largest absolute Gasteiger partial charge is 0.354 e. The van der Waals surface area contributed by atoms with E-state index in [1.54, 1.807) is 4.57 Å². The molecular weight excluding hydrogens is 260 g/mol. The number of rotatable bonds is 5. The maximum Gasteiger partial charge on any atom is 0.332 e.